The summed E-state index contributed by atoms with van der Waals surface area (Å²) in [6.07, 6.45) is 0. The maximum absolute atomic E-state index is 11.9. The molecule has 7 heteroatoms. The molecule has 0 radical (unpaired) electrons. The first-order valence-electron chi connectivity index (χ1n) is 6.46. The zero-order valence-corrected chi connectivity index (χ0v) is 12.6. The number of aromatic nitrogens is 3. The average molecular weight is 308 g/mol. The highest BCUT2D eigenvalue weighted by atomic mass is 35.5. The molecule has 0 amide bonds. The van der Waals surface area contributed by atoms with Gasteiger partial charge in [0.05, 0.1) is 5.52 Å². The van der Waals surface area contributed by atoms with E-state index in [9.17, 15) is 4.79 Å². The second-order valence-electron chi connectivity index (χ2n) is 5.83. The fourth-order valence-corrected chi connectivity index (χ4v) is 2.11. The third kappa shape index (κ3) is 2.58. The van der Waals surface area contributed by atoms with Gasteiger partial charge in [-0.3, -0.25) is 4.57 Å². The minimum atomic E-state index is -0.484. The molecule has 0 aliphatic heterocycles. The van der Waals surface area contributed by atoms with Crippen molar-refractivity contribution in [2.24, 2.45) is 0 Å². The minimum Gasteiger partial charge on any atom is -0.408 e. The molecule has 0 bridgehead atoms. The van der Waals surface area contributed by atoms with Gasteiger partial charge in [-0.15, -0.1) is 0 Å². The summed E-state index contributed by atoms with van der Waals surface area (Å²) in [5, 5.41) is 4.45. The van der Waals surface area contributed by atoms with Gasteiger partial charge in [0.25, 0.3) is 0 Å². The largest absolute Gasteiger partial charge is 0.420 e. The van der Waals surface area contributed by atoms with Crippen LogP contribution in [0.25, 0.3) is 11.1 Å². The fourth-order valence-electron chi connectivity index (χ4n) is 1.95. The summed E-state index contributed by atoms with van der Waals surface area (Å²) in [6, 6.07) is 5.02. The van der Waals surface area contributed by atoms with Crippen LogP contribution in [0.5, 0.6) is 0 Å². The zero-order valence-electron chi connectivity index (χ0n) is 11.9. The van der Waals surface area contributed by atoms with E-state index in [2.05, 4.69) is 10.1 Å². The third-order valence-corrected chi connectivity index (χ3v) is 3.30. The standard InChI is InChI=1S/C14H14ClN3O3/c1-14(2,3)12-16-11(21-17-12)7-18-9-5-4-8(15)6-10(9)20-13(18)19/h4-6H,7H2,1-3H3. The van der Waals surface area contributed by atoms with Crippen LogP contribution in [0.3, 0.4) is 0 Å². The van der Waals surface area contributed by atoms with Crippen molar-refractivity contribution in [2.45, 2.75) is 32.7 Å². The molecule has 110 valence electrons. The molecule has 0 saturated carbocycles. The number of benzene rings is 1. The Balaban J connectivity index is 2.00. The van der Waals surface area contributed by atoms with Gasteiger partial charge in [0.15, 0.2) is 11.4 Å². The van der Waals surface area contributed by atoms with E-state index in [-0.39, 0.29) is 12.0 Å². The molecule has 3 rings (SSSR count). The lowest BCUT2D eigenvalue weighted by atomic mass is 9.96. The number of hydrogen-bond acceptors (Lipinski definition) is 5. The topological polar surface area (TPSA) is 74.1 Å². The van der Waals surface area contributed by atoms with Gasteiger partial charge in [0.2, 0.25) is 5.89 Å². The Hall–Kier alpha value is -2.08. The molecule has 0 unspecified atom stereocenters. The van der Waals surface area contributed by atoms with Gasteiger partial charge in [-0.05, 0) is 12.1 Å². The lowest BCUT2D eigenvalue weighted by Crippen LogP contribution is -2.16. The van der Waals surface area contributed by atoms with Gasteiger partial charge in [0.1, 0.15) is 6.54 Å². The van der Waals surface area contributed by atoms with Crippen LogP contribution in [0, 0.1) is 0 Å². The van der Waals surface area contributed by atoms with Gasteiger partial charge in [-0.2, -0.15) is 4.98 Å². The van der Waals surface area contributed by atoms with Crippen LogP contribution in [0.1, 0.15) is 32.5 Å². The molecule has 2 heterocycles. The Labute approximate surface area is 125 Å². The van der Waals surface area contributed by atoms with E-state index in [0.29, 0.717) is 27.8 Å². The molecule has 2 aromatic heterocycles. The van der Waals surface area contributed by atoms with Crippen LogP contribution < -0.4 is 5.76 Å². The molecule has 0 N–H and O–H groups in total. The van der Waals surface area contributed by atoms with Crippen molar-refractivity contribution in [3.05, 3.63) is 45.5 Å². The van der Waals surface area contributed by atoms with Crippen molar-refractivity contribution in [1.82, 2.24) is 14.7 Å². The molecular weight excluding hydrogens is 294 g/mol. The lowest BCUT2D eigenvalue weighted by Gasteiger charge is -2.10. The Morgan fingerprint density at radius 3 is 2.76 bits per heavy atom. The van der Waals surface area contributed by atoms with Crippen molar-refractivity contribution < 1.29 is 8.94 Å². The van der Waals surface area contributed by atoms with Crippen LogP contribution in [0.15, 0.2) is 31.9 Å². The fraction of sp³-hybridized carbons (Fsp3) is 0.357. The summed E-state index contributed by atoms with van der Waals surface area (Å²) in [5.41, 5.74) is 0.863. The SMILES string of the molecule is CC(C)(C)c1noc(Cn2c(=O)oc3cc(Cl)ccc32)n1. The first kappa shape index (κ1) is 13.9. The smallest absolute Gasteiger partial charge is 0.408 e. The predicted molar refractivity (Wildman–Crippen MR) is 77.6 cm³/mol. The summed E-state index contributed by atoms with van der Waals surface area (Å²) in [4.78, 5) is 16.2. The second-order valence-corrected chi connectivity index (χ2v) is 6.26. The maximum Gasteiger partial charge on any atom is 0.420 e. The molecule has 1 aromatic carbocycles. The molecule has 0 saturated heterocycles. The van der Waals surface area contributed by atoms with Gasteiger partial charge < -0.3 is 8.94 Å². The molecule has 21 heavy (non-hydrogen) atoms. The Kier molecular flexibility index (Phi) is 3.13. The van der Waals surface area contributed by atoms with E-state index >= 15 is 0 Å². The van der Waals surface area contributed by atoms with E-state index < -0.39 is 5.76 Å². The Bertz CT molecular complexity index is 854. The van der Waals surface area contributed by atoms with Crippen molar-refractivity contribution in [3.8, 4) is 0 Å². The monoisotopic (exact) mass is 307 g/mol. The molecular formula is C14H14ClN3O3. The van der Waals surface area contributed by atoms with Crippen LogP contribution >= 0.6 is 11.6 Å². The third-order valence-electron chi connectivity index (χ3n) is 3.06. The predicted octanol–water partition coefficient (Wildman–Crippen LogP) is 2.98. The Morgan fingerprint density at radius 2 is 2.10 bits per heavy atom. The number of nitrogens with zero attached hydrogens (tertiary/aromatic N) is 3. The number of oxazole rings is 1. The summed E-state index contributed by atoms with van der Waals surface area (Å²) in [6.45, 7) is 6.13. The lowest BCUT2D eigenvalue weighted by molar-refractivity contribution is 0.354. The van der Waals surface area contributed by atoms with Crippen LogP contribution in [0.2, 0.25) is 5.02 Å². The highest BCUT2D eigenvalue weighted by Gasteiger charge is 2.21. The molecule has 6 nitrogen and oxygen atoms in total. The number of rotatable bonds is 2. The summed E-state index contributed by atoms with van der Waals surface area (Å²) < 4.78 is 11.8. The second kappa shape index (κ2) is 4.73. The van der Waals surface area contributed by atoms with E-state index in [4.69, 9.17) is 20.5 Å². The average Bonchev–Trinajstić information content (AvgIpc) is 2.95. The van der Waals surface area contributed by atoms with Gasteiger partial charge in [-0.1, -0.05) is 37.5 Å². The summed E-state index contributed by atoms with van der Waals surface area (Å²) in [5.74, 6) is 0.476. The molecule has 0 spiro atoms. The van der Waals surface area contributed by atoms with Crippen molar-refractivity contribution >= 4 is 22.7 Å². The van der Waals surface area contributed by atoms with Crippen molar-refractivity contribution in [2.75, 3.05) is 0 Å². The number of hydrogen-bond donors (Lipinski definition) is 0. The maximum atomic E-state index is 11.9. The zero-order chi connectivity index (χ0) is 15.2. The molecule has 3 aromatic rings. The first-order chi connectivity index (χ1) is 9.84. The van der Waals surface area contributed by atoms with E-state index in [1.807, 2.05) is 20.8 Å². The summed E-state index contributed by atoms with van der Waals surface area (Å²) >= 11 is 5.88. The normalized spacial score (nSPS) is 12.2. The highest BCUT2D eigenvalue weighted by molar-refractivity contribution is 6.31. The summed E-state index contributed by atoms with van der Waals surface area (Å²) in [7, 11) is 0. The Morgan fingerprint density at radius 1 is 1.33 bits per heavy atom. The van der Waals surface area contributed by atoms with E-state index in [1.54, 1.807) is 18.2 Å². The first-order valence-corrected chi connectivity index (χ1v) is 6.84. The number of fused-ring (bicyclic) bond motifs is 1. The van der Waals surface area contributed by atoms with E-state index in [1.165, 1.54) is 4.57 Å². The molecule has 0 aliphatic carbocycles. The van der Waals surface area contributed by atoms with Crippen LogP contribution in [-0.4, -0.2) is 14.7 Å². The van der Waals surface area contributed by atoms with E-state index in [0.717, 1.165) is 0 Å². The molecule has 0 fully saturated rings. The number of halogens is 1. The van der Waals surface area contributed by atoms with Crippen LogP contribution in [0.4, 0.5) is 0 Å². The van der Waals surface area contributed by atoms with Gasteiger partial charge in [-0.25, -0.2) is 4.79 Å². The highest BCUT2D eigenvalue weighted by Crippen LogP contribution is 2.21. The van der Waals surface area contributed by atoms with Crippen molar-refractivity contribution in [1.29, 1.82) is 0 Å². The van der Waals surface area contributed by atoms with Crippen molar-refractivity contribution in [3.63, 3.8) is 0 Å². The molecule has 0 aliphatic rings. The molecule has 0 atom stereocenters. The minimum absolute atomic E-state index is 0.163. The van der Waals surface area contributed by atoms with Gasteiger partial charge >= 0.3 is 5.76 Å². The quantitative estimate of drug-likeness (QED) is 0.727. The van der Waals surface area contributed by atoms with Crippen LogP contribution in [-0.2, 0) is 12.0 Å². The van der Waals surface area contributed by atoms with Gasteiger partial charge in [0, 0.05) is 16.5 Å².